The zero-order valence-corrected chi connectivity index (χ0v) is 10.6. The minimum absolute atomic E-state index is 0.861. The summed E-state index contributed by atoms with van der Waals surface area (Å²) in [6.07, 6.45) is 6.83. The standard InChI is InChI=1S/C14H18N4/c1-18-12-16-14(17-18)9-11-15-10-5-8-13-6-3-2-4-7-13/h2-8,12,15H,9-11H2,1H3/b8-5+. The van der Waals surface area contributed by atoms with Crippen molar-refractivity contribution in [3.63, 3.8) is 0 Å². The molecule has 0 unspecified atom stereocenters. The largest absolute Gasteiger partial charge is 0.313 e. The molecule has 18 heavy (non-hydrogen) atoms. The highest BCUT2D eigenvalue weighted by Gasteiger charge is 1.96. The Morgan fingerprint density at radius 1 is 1.28 bits per heavy atom. The molecule has 2 aromatic rings. The van der Waals surface area contributed by atoms with Crippen molar-refractivity contribution in [3.8, 4) is 0 Å². The Balaban J connectivity index is 1.63. The summed E-state index contributed by atoms with van der Waals surface area (Å²) in [7, 11) is 1.88. The maximum atomic E-state index is 4.22. The minimum atomic E-state index is 0.861. The summed E-state index contributed by atoms with van der Waals surface area (Å²) in [5, 5.41) is 7.56. The second-order valence-corrected chi connectivity index (χ2v) is 4.10. The van der Waals surface area contributed by atoms with Gasteiger partial charge in [-0.2, -0.15) is 5.10 Å². The van der Waals surface area contributed by atoms with Gasteiger partial charge in [0.2, 0.25) is 0 Å². The average Bonchev–Trinajstić information content (AvgIpc) is 2.81. The van der Waals surface area contributed by atoms with Crippen molar-refractivity contribution >= 4 is 6.08 Å². The third-order valence-electron chi connectivity index (χ3n) is 2.54. The molecule has 0 saturated heterocycles. The Morgan fingerprint density at radius 2 is 2.11 bits per heavy atom. The normalized spacial score (nSPS) is 11.2. The molecular weight excluding hydrogens is 224 g/mol. The number of hydrogen-bond donors (Lipinski definition) is 1. The maximum Gasteiger partial charge on any atom is 0.151 e. The van der Waals surface area contributed by atoms with Crippen LogP contribution in [0.25, 0.3) is 6.08 Å². The monoisotopic (exact) mass is 242 g/mol. The molecule has 0 spiro atoms. The van der Waals surface area contributed by atoms with E-state index < -0.39 is 0 Å². The van der Waals surface area contributed by atoms with Gasteiger partial charge in [0.25, 0.3) is 0 Å². The number of nitrogens with one attached hydrogen (secondary N) is 1. The molecule has 0 aliphatic carbocycles. The van der Waals surface area contributed by atoms with Gasteiger partial charge < -0.3 is 5.32 Å². The molecule has 0 aliphatic rings. The van der Waals surface area contributed by atoms with E-state index in [9.17, 15) is 0 Å². The Kier molecular flexibility index (Phi) is 4.67. The molecule has 0 radical (unpaired) electrons. The van der Waals surface area contributed by atoms with Crippen LogP contribution in [0.15, 0.2) is 42.7 Å². The average molecular weight is 242 g/mol. The SMILES string of the molecule is Cn1cnc(CCNC/C=C/c2ccccc2)n1. The molecule has 0 atom stereocenters. The van der Waals surface area contributed by atoms with E-state index in [1.54, 1.807) is 11.0 Å². The van der Waals surface area contributed by atoms with Gasteiger partial charge in [-0.1, -0.05) is 42.5 Å². The van der Waals surface area contributed by atoms with Crippen LogP contribution in [0, 0.1) is 0 Å². The van der Waals surface area contributed by atoms with Crippen LogP contribution < -0.4 is 5.32 Å². The van der Waals surface area contributed by atoms with Crippen molar-refractivity contribution < 1.29 is 0 Å². The second-order valence-electron chi connectivity index (χ2n) is 4.10. The van der Waals surface area contributed by atoms with Crippen LogP contribution in [-0.4, -0.2) is 27.9 Å². The molecule has 4 heteroatoms. The van der Waals surface area contributed by atoms with E-state index in [4.69, 9.17) is 0 Å². The number of benzene rings is 1. The van der Waals surface area contributed by atoms with E-state index in [2.05, 4.69) is 39.7 Å². The Labute approximate surface area is 107 Å². The lowest BCUT2D eigenvalue weighted by molar-refractivity contribution is 0.697. The van der Waals surface area contributed by atoms with Crippen LogP contribution in [0.4, 0.5) is 0 Å². The summed E-state index contributed by atoms with van der Waals surface area (Å²) in [6.45, 7) is 1.75. The van der Waals surface area contributed by atoms with Gasteiger partial charge in [0.05, 0.1) is 0 Å². The third kappa shape index (κ3) is 4.14. The van der Waals surface area contributed by atoms with Crippen molar-refractivity contribution in [1.82, 2.24) is 20.1 Å². The lowest BCUT2D eigenvalue weighted by Gasteiger charge is -1.98. The first-order chi connectivity index (χ1) is 8.84. The van der Waals surface area contributed by atoms with Gasteiger partial charge in [0, 0.05) is 26.6 Å². The van der Waals surface area contributed by atoms with Crippen molar-refractivity contribution in [1.29, 1.82) is 0 Å². The van der Waals surface area contributed by atoms with Crippen molar-refractivity contribution in [2.24, 2.45) is 7.05 Å². The van der Waals surface area contributed by atoms with E-state index in [0.29, 0.717) is 0 Å². The highest BCUT2D eigenvalue weighted by molar-refractivity contribution is 5.48. The van der Waals surface area contributed by atoms with E-state index >= 15 is 0 Å². The van der Waals surface area contributed by atoms with Gasteiger partial charge in [0.1, 0.15) is 6.33 Å². The summed E-state index contributed by atoms with van der Waals surface area (Å²) < 4.78 is 1.73. The molecule has 1 aromatic carbocycles. The van der Waals surface area contributed by atoms with Crippen molar-refractivity contribution in [2.45, 2.75) is 6.42 Å². The molecule has 0 amide bonds. The number of hydrogen-bond acceptors (Lipinski definition) is 3. The predicted octanol–water partition coefficient (Wildman–Crippen LogP) is 1.66. The topological polar surface area (TPSA) is 42.7 Å². The molecule has 1 N–H and O–H groups in total. The van der Waals surface area contributed by atoms with Crippen molar-refractivity contribution in [2.75, 3.05) is 13.1 Å². The highest BCUT2D eigenvalue weighted by Crippen LogP contribution is 1.99. The van der Waals surface area contributed by atoms with Crippen molar-refractivity contribution in [3.05, 3.63) is 54.1 Å². The van der Waals surface area contributed by atoms with Gasteiger partial charge >= 0.3 is 0 Å². The molecule has 1 aromatic heterocycles. The van der Waals surface area contributed by atoms with Gasteiger partial charge in [-0.05, 0) is 5.56 Å². The van der Waals surface area contributed by atoms with Crippen LogP contribution in [0.1, 0.15) is 11.4 Å². The molecule has 4 nitrogen and oxygen atoms in total. The zero-order valence-electron chi connectivity index (χ0n) is 10.6. The molecule has 0 fully saturated rings. The molecule has 0 saturated carbocycles. The first-order valence-electron chi connectivity index (χ1n) is 6.11. The fourth-order valence-electron chi connectivity index (χ4n) is 1.64. The fraction of sp³-hybridized carbons (Fsp3) is 0.286. The van der Waals surface area contributed by atoms with Gasteiger partial charge in [-0.3, -0.25) is 4.68 Å². The Hall–Kier alpha value is -1.94. The number of aryl methyl sites for hydroxylation is 1. The molecule has 94 valence electrons. The first kappa shape index (κ1) is 12.5. The summed E-state index contributed by atoms with van der Waals surface area (Å²) in [6, 6.07) is 10.3. The minimum Gasteiger partial charge on any atom is -0.313 e. The van der Waals surface area contributed by atoms with E-state index in [0.717, 1.165) is 25.3 Å². The third-order valence-corrected chi connectivity index (χ3v) is 2.54. The fourth-order valence-corrected chi connectivity index (χ4v) is 1.64. The van der Waals surface area contributed by atoms with Crippen LogP contribution in [0.3, 0.4) is 0 Å². The maximum absolute atomic E-state index is 4.22. The summed E-state index contributed by atoms with van der Waals surface area (Å²) >= 11 is 0. The number of nitrogens with zero attached hydrogens (tertiary/aromatic N) is 3. The highest BCUT2D eigenvalue weighted by atomic mass is 15.3. The first-order valence-corrected chi connectivity index (χ1v) is 6.11. The summed E-state index contributed by atoms with van der Waals surface area (Å²) in [5.74, 6) is 0.886. The van der Waals surface area contributed by atoms with Crippen LogP contribution in [0.5, 0.6) is 0 Å². The smallest absolute Gasteiger partial charge is 0.151 e. The van der Waals surface area contributed by atoms with E-state index in [1.807, 2.05) is 25.2 Å². The van der Waals surface area contributed by atoms with Crippen LogP contribution >= 0.6 is 0 Å². The van der Waals surface area contributed by atoms with Gasteiger partial charge in [-0.15, -0.1) is 0 Å². The second kappa shape index (κ2) is 6.71. The quantitative estimate of drug-likeness (QED) is 0.783. The lowest BCUT2D eigenvalue weighted by Crippen LogP contribution is -2.17. The summed E-state index contributed by atoms with van der Waals surface area (Å²) in [5.41, 5.74) is 1.23. The van der Waals surface area contributed by atoms with Crippen LogP contribution in [0.2, 0.25) is 0 Å². The molecule has 2 rings (SSSR count). The molecule has 1 heterocycles. The zero-order chi connectivity index (χ0) is 12.6. The predicted molar refractivity (Wildman–Crippen MR) is 73.1 cm³/mol. The molecule has 0 aliphatic heterocycles. The lowest BCUT2D eigenvalue weighted by atomic mass is 10.2. The number of aromatic nitrogens is 3. The van der Waals surface area contributed by atoms with Gasteiger partial charge in [0.15, 0.2) is 5.82 Å². The number of rotatable bonds is 6. The van der Waals surface area contributed by atoms with E-state index in [1.165, 1.54) is 5.56 Å². The Morgan fingerprint density at radius 3 is 2.83 bits per heavy atom. The molecular formula is C14H18N4. The van der Waals surface area contributed by atoms with Gasteiger partial charge in [-0.25, -0.2) is 4.98 Å². The molecule has 0 bridgehead atoms. The Bertz CT molecular complexity index is 488. The van der Waals surface area contributed by atoms with E-state index in [-0.39, 0.29) is 0 Å². The summed E-state index contributed by atoms with van der Waals surface area (Å²) in [4.78, 5) is 4.17. The van der Waals surface area contributed by atoms with Crippen LogP contribution in [-0.2, 0) is 13.5 Å².